The molecule has 1 N–H and O–H groups in total. The molecule has 1 aromatic carbocycles. The Kier molecular flexibility index (Phi) is 4.20. The van der Waals surface area contributed by atoms with Gasteiger partial charge in [-0.2, -0.15) is 4.98 Å². The Hall–Kier alpha value is -2.53. The van der Waals surface area contributed by atoms with Gasteiger partial charge in [0.15, 0.2) is 5.52 Å². The third-order valence-electron chi connectivity index (χ3n) is 3.86. The van der Waals surface area contributed by atoms with Crippen LogP contribution in [0.1, 0.15) is 43.8 Å². The lowest BCUT2D eigenvalue weighted by molar-refractivity contribution is 0.221. The van der Waals surface area contributed by atoms with Crippen molar-refractivity contribution >= 4 is 11.0 Å². The van der Waals surface area contributed by atoms with Crippen LogP contribution in [-0.2, 0) is 5.41 Å². The lowest BCUT2D eigenvalue weighted by Crippen LogP contribution is -2.17. The van der Waals surface area contributed by atoms with Gasteiger partial charge in [0.25, 0.3) is 0 Å². The largest absolute Gasteiger partial charge is 0.479 e. The standard InChI is InChI=1S/C19H21N3O2/c1-19(2,3)18-21-14-13(16(23)12-8-6-5-7-9-12)10-11-20-15(14)17(22-18)24-4/h5-11,16,23H,1-4H3. The van der Waals surface area contributed by atoms with Crippen molar-refractivity contribution in [3.05, 3.63) is 59.5 Å². The summed E-state index contributed by atoms with van der Waals surface area (Å²) in [7, 11) is 1.57. The summed E-state index contributed by atoms with van der Waals surface area (Å²) in [4.78, 5) is 13.5. The number of benzene rings is 1. The van der Waals surface area contributed by atoms with E-state index in [1.54, 1.807) is 19.4 Å². The molecule has 5 nitrogen and oxygen atoms in total. The van der Waals surface area contributed by atoms with Crippen LogP contribution in [0.15, 0.2) is 42.6 Å². The van der Waals surface area contributed by atoms with Gasteiger partial charge in [0.05, 0.1) is 7.11 Å². The van der Waals surface area contributed by atoms with Crippen molar-refractivity contribution in [2.24, 2.45) is 0 Å². The minimum absolute atomic E-state index is 0.244. The van der Waals surface area contributed by atoms with Crippen LogP contribution < -0.4 is 4.74 Å². The molecule has 1 atom stereocenters. The topological polar surface area (TPSA) is 68.1 Å². The van der Waals surface area contributed by atoms with Gasteiger partial charge >= 0.3 is 0 Å². The highest BCUT2D eigenvalue weighted by molar-refractivity contribution is 5.83. The summed E-state index contributed by atoms with van der Waals surface area (Å²) < 4.78 is 5.41. The van der Waals surface area contributed by atoms with Gasteiger partial charge in [-0.3, -0.25) is 0 Å². The molecule has 0 aliphatic carbocycles. The van der Waals surface area contributed by atoms with E-state index in [9.17, 15) is 5.11 Å². The van der Waals surface area contributed by atoms with Gasteiger partial charge < -0.3 is 9.84 Å². The van der Waals surface area contributed by atoms with Crippen molar-refractivity contribution in [1.82, 2.24) is 15.0 Å². The average Bonchev–Trinajstić information content (AvgIpc) is 2.59. The second kappa shape index (κ2) is 6.17. The number of methoxy groups -OCH3 is 1. The Labute approximate surface area is 141 Å². The molecule has 5 heteroatoms. The monoisotopic (exact) mass is 323 g/mol. The summed E-state index contributed by atoms with van der Waals surface area (Å²) in [6, 6.07) is 11.3. The third kappa shape index (κ3) is 2.95. The predicted octanol–water partition coefficient (Wildman–Crippen LogP) is 3.41. The van der Waals surface area contributed by atoms with Crippen molar-refractivity contribution in [3.8, 4) is 5.88 Å². The summed E-state index contributed by atoms with van der Waals surface area (Å²) in [5.74, 6) is 1.08. The molecule has 24 heavy (non-hydrogen) atoms. The first-order chi connectivity index (χ1) is 11.4. The lowest BCUT2D eigenvalue weighted by atomic mass is 9.95. The first-order valence-electron chi connectivity index (χ1n) is 7.86. The van der Waals surface area contributed by atoms with Gasteiger partial charge in [-0.1, -0.05) is 51.1 Å². The first-order valence-corrected chi connectivity index (χ1v) is 7.86. The van der Waals surface area contributed by atoms with Crippen LogP contribution in [0.3, 0.4) is 0 Å². The minimum Gasteiger partial charge on any atom is -0.479 e. The number of ether oxygens (including phenoxy) is 1. The Morgan fingerprint density at radius 3 is 2.33 bits per heavy atom. The number of hydrogen-bond donors (Lipinski definition) is 1. The number of aliphatic hydroxyl groups is 1. The average molecular weight is 323 g/mol. The van der Waals surface area contributed by atoms with Crippen LogP contribution >= 0.6 is 0 Å². The van der Waals surface area contributed by atoms with Gasteiger partial charge in [-0.25, -0.2) is 9.97 Å². The van der Waals surface area contributed by atoms with E-state index in [0.717, 1.165) is 5.56 Å². The number of hydrogen-bond acceptors (Lipinski definition) is 5. The van der Waals surface area contributed by atoms with Crippen LogP contribution in [0.2, 0.25) is 0 Å². The van der Waals surface area contributed by atoms with E-state index in [1.165, 1.54) is 0 Å². The molecule has 2 aromatic heterocycles. The van der Waals surface area contributed by atoms with Crippen LogP contribution in [0.4, 0.5) is 0 Å². The van der Waals surface area contributed by atoms with E-state index < -0.39 is 6.10 Å². The van der Waals surface area contributed by atoms with Gasteiger partial charge in [0.2, 0.25) is 5.88 Å². The van der Waals surface area contributed by atoms with Gasteiger partial charge in [-0.05, 0) is 11.6 Å². The molecule has 0 radical (unpaired) electrons. The predicted molar refractivity (Wildman–Crippen MR) is 93.1 cm³/mol. The maximum Gasteiger partial charge on any atom is 0.243 e. The van der Waals surface area contributed by atoms with Crippen molar-refractivity contribution in [2.45, 2.75) is 32.3 Å². The molecule has 0 fully saturated rings. The highest BCUT2D eigenvalue weighted by Crippen LogP contribution is 2.32. The molecule has 0 saturated carbocycles. The zero-order valence-corrected chi connectivity index (χ0v) is 14.3. The molecule has 0 amide bonds. The normalized spacial score (nSPS) is 13.0. The van der Waals surface area contributed by atoms with Crippen molar-refractivity contribution in [2.75, 3.05) is 7.11 Å². The fourth-order valence-corrected chi connectivity index (χ4v) is 2.54. The fourth-order valence-electron chi connectivity index (χ4n) is 2.54. The van der Waals surface area contributed by atoms with Gasteiger partial charge in [-0.15, -0.1) is 0 Å². The molecular formula is C19H21N3O2. The Morgan fingerprint density at radius 1 is 1.00 bits per heavy atom. The minimum atomic E-state index is -0.788. The molecule has 0 bridgehead atoms. The number of nitrogens with zero attached hydrogens (tertiary/aromatic N) is 3. The van der Waals surface area contributed by atoms with E-state index in [4.69, 9.17) is 4.74 Å². The van der Waals surface area contributed by atoms with Crippen LogP contribution in [0, 0.1) is 0 Å². The lowest BCUT2D eigenvalue weighted by Gasteiger charge is -2.20. The molecule has 3 aromatic rings. The number of aliphatic hydroxyl groups excluding tert-OH is 1. The van der Waals surface area contributed by atoms with Crippen LogP contribution in [0.5, 0.6) is 5.88 Å². The highest BCUT2D eigenvalue weighted by atomic mass is 16.5. The van der Waals surface area contributed by atoms with Gasteiger partial charge in [0.1, 0.15) is 17.4 Å². The molecule has 0 aliphatic rings. The van der Waals surface area contributed by atoms with E-state index in [1.807, 2.05) is 51.1 Å². The second-order valence-corrected chi connectivity index (χ2v) is 6.72. The summed E-state index contributed by atoms with van der Waals surface area (Å²) in [6.45, 7) is 6.12. The van der Waals surface area contributed by atoms with Gasteiger partial charge in [0, 0.05) is 17.2 Å². The van der Waals surface area contributed by atoms with Crippen molar-refractivity contribution < 1.29 is 9.84 Å². The van der Waals surface area contributed by atoms with E-state index >= 15 is 0 Å². The summed E-state index contributed by atoms with van der Waals surface area (Å²) in [5, 5.41) is 10.8. The fraction of sp³-hybridized carbons (Fsp3) is 0.316. The Morgan fingerprint density at radius 2 is 1.71 bits per heavy atom. The highest BCUT2D eigenvalue weighted by Gasteiger charge is 2.23. The van der Waals surface area contributed by atoms with Crippen molar-refractivity contribution in [1.29, 1.82) is 0 Å². The van der Waals surface area contributed by atoms with Crippen molar-refractivity contribution in [3.63, 3.8) is 0 Å². The van der Waals surface area contributed by atoms with E-state index in [-0.39, 0.29) is 5.41 Å². The second-order valence-electron chi connectivity index (χ2n) is 6.72. The Bertz CT molecular complexity index is 858. The zero-order chi connectivity index (χ0) is 17.3. The molecule has 3 rings (SSSR count). The maximum atomic E-state index is 10.8. The smallest absolute Gasteiger partial charge is 0.243 e. The first kappa shape index (κ1) is 16.3. The molecule has 1 unspecified atom stereocenters. The molecule has 0 aliphatic heterocycles. The molecule has 0 saturated heterocycles. The zero-order valence-electron chi connectivity index (χ0n) is 14.3. The number of pyridine rings is 1. The molecule has 124 valence electrons. The third-order valence-corrected chi connectivity index (χ3v) is 3.86. The number of fused-ring (bicyclic) bond motifs is 1. The SMILES string of the molecule is COc1nc(C(C)(C)C)nc2c(C(O)c3ccccc3)ccnc12. The summed E-state index contributed by atoms with van der Waals surface area (Å²) in [6.07, 6.45) is 0.857. The quantitative estimate of drug-likeness (QED) is 0.800. The van der Waals surface area contributed by atoms with Crippen LogP contribution in [0.25, 0.3) is 11.0 Å². The van der Waals surface area contributed by atoms with Crippen LogP contribution in [-0.4, -0.2) is 27.2 Å². The maximum absolute atomic E-state index is 10.8. The Balaban J connectivity index is 2.25. The summed E-state index contributed by atoms with van der Waals surface area (Å²) in [5.41, 5.74) is 2.42. The molecular weight excluding hydrogens is 302 g/mol. The molecule has 2 heterocycles. The van der Waals surface area contributed by atoms with E-state index in [2.05, 4.69) is 15.0 Å². The summed E-state index contributed by atoms with van der Waals surface area (Å²) >= 11 is 0. The molecule has 0 spiro atoms. The number of aromatic nitrogens is 3. The number of rotatable bonds is 3. The van der Waals surface area contributed by atoms with E-state index in [0.29, 0.717) is 28.3 Å².